The van der Waals surface area contributed by atoms with E-state index in [1.54, 1.807) is 6.07 Å². The van der Waals surface area contributed by atoms with Gasteiger partial charge in [0.15, 0.2) is 0 Å². The van der Waals surface area contributed by atoms with Crippen molar-refractivity contribution in [2.75, 3.05) is 5.32 Å². The highest BCUT2D eigenvalue weighted by molar-refractivity contribution is 5.90. The first-order valence-electron chi connectivity index (χ1n) is 8.22. The van der Waals surface area contributed by atoms with E-state index in [2.05, 4.69) is 15.3 Å². The minimum Gasteiger partial charge on any atom is -0.489 e. The maximum absolute atomic E-state index is 13.3. The van der Waals surface area contributed by atoms with E-state index in [0.29, 0.717) is 17.9 Å². The lowest BCUT2D eigenvalue weighted by Gasteiger charge is -2.10. The summed E-state index contributed by atoms with van der Waals surface area (Å²) >= 11 is 0. The molecule has 0 bridgehead atoms. The van der Waals surface area contributed by atoms with E-state index < -0.39 is 0 Å². The third-order valence-electron chi connectivity index (χ3n) is 3.96. The normalized spacial score (nSPS) is 10.3. The molecule has 0 radical (unpaired) electrons. The number of aromatic nitrogens is 2. The lowest BCUT2D eigenvalue weighted by molar-refractivity contribution is 0.306. The third-order valence-corrected chi connectivity index (χ3v) is 3.96. The van der Waals surface area contributed by atoms with Crippen molar-refractivity contribution in [3.8, 4) is 5.75 Å². The maximum atomic E-state index is 13.3. The fourth-order valence-corrected chi connectivity index (χ4v) is 2.64. The highest BCUT2D eigenvalue weighted by Crippen LogP contribution is 2.25. The molecule has 0 saturated carbocycles. The molecule has 6 heteroatoms. The molecule has 27 heavy (non-hydrogen) atoms. The average molecular weight is 382 g/mol. The van der Waals surface area contributed by atoms with Crippen molar-refractivity contribution >= 4 is 34.8 Å². The number of rotatable bonds is 5. The molecule has 0 atom stereocenters. The Morgan fingerprint density at radius 3 is 2.44 bits per heavy atom. The molecule has 4 rings (SSSR count). The van der Waals surface area contributed by atoms with Gasteiger partial charge in [-0.1, -0.05) is 30.3 Å². The first-order chi connectivity index (χ1) is 12.8. The van der Waals surface area contributed by atoms with Crippen molar-refractivity contribution in [2.45, 2.75) is 6.61 Å². The van der Waals surface area contributed by atoms with Gasteiger partial charge in [0.25, 0.3) is 0 Å². The first kappa shape index (κ1) is 18.6. The van der Waals surface area contributed by atoms with Gasteiger partial charge in [0.05, 0.1) is 5.52 Å². The molecule has 1 aromatic heterocycles. The van der Waals surface area contributed by atoms with Gasteiger partial charge in [-0.25, -0.2) is 14.4 Å². The van der Waals surface area contributed by atoms with Crippen LogP contribution >= 0.6 is 12.4 Å². The molecule has 0 spiro atoms. The Kier molecular flexibility index (Phi) is 5.84. The largest absolute Gasteiger partial charge is 0.489 e. The number of hydrogen-bond donors (Lipinski definition) is 1. The number of anilines is 2. The van der Waals surface area contributed by atoms with Gasteiger partial charge in [0.1, 0.15) is 30.3 Å². The summed E-state index contributed by atoms with van der Waals surface area (Å²) in [5.41, 5.74) is 2.54. The van der Waals surface area contributed by atoms with Crippen LogP contribution in [0.25, 0.3) is 10.9 Å². The second-order valence-corrected chi connectivity index (χ2v) is 5.81. The lowest BCUT2D eigenvalue weighted by Crippen LogP contribution is -1.97. The molecule has 1 N–H and O–H groups in total. The van der Waals surface area contributed by atoms with Gasteiger partial charge in [0, 0.05) is 17.1 Å². The average Bonchev–Trinajstić information content (AvgIpc) is 2.68. The Bertz CT molecular complexity index is 1030. The van der Waals surface area contributed by atoms with Crippen LogP contribution in [-0.4, -0.2) is 9.97 Å². The summed E-state index contributed by atoms with van der Waals surface area (Å²) in [6.45, 7) is 0.524. The molecule has 136 valence electrons. The third kappa shape index (κ3) is 4.51. The van der Waals surface area contributed by atoms with E-state index in [4.69, 9.17) is 4.74 Å². The van der Waals surface area contributed by atoms with Gasteiger partial charge in [-0.15, -0.1) is 12.4 Å². The quantitative estimate of drug-likeness (QED) is 0.495. The second-order valence-electron chi connectivity index (χ2n) is 5.81. The molecule has 3 aromatic carbocycles. The highest BCUT2D eigenvalue weighted by atomic mass is 35.5. The topological polar surface area (TPSA) is 47.0 Å². The monoisotopic (exact) mass is 381 g/mol. The summed E-state index contributed by atoms with van der Waals surface area (Å²) in [5.74, 6) is 1.10. The Labute approximate surface area is 162 Å². The van der Waals surface area contributed by atoms with Crippen LogP contribution in [0.5, 0.6) is 5.75 Å². The van der Waals surface area contributed by atoms with Crippen LogP contribution in [0.1, 0.15) is 5.56 Å². The van der Waals surface area contributed by atoms with Crippen molar-refractivity contribution in [2.24, 2.45) is 0 Å². The van der Waals surface area contributed by atoms with E-state index in [9.17, 15) is 4.39 Å². The van der Waals surface area contributed by atoms with E-state index in [-0.39, 0.29) is 18.2 Å². The summed E-state index contributed by atoms with van der Waals surface area (Å²) in [5, 5.41) is 4.00. The van der Waals surface area contributed by atoms with Gasteiger partial charge >= 0.3 is 0 Å². The molecule has 0 fully saturated rings. The van der Waals surface area contributed by atoms with Crippen LogP contribution in [0.4, 0.5) is 15.9 Å². The van der Waals surface area contributed by atoms with Gasteiger partial charge in [0.2, 0.25) is 0 Å². The van der Waals surface area contributed by atoms with Gasteiger partial charge in [-0.2, -0.15) is 0 Å². The van der Waals surface area contributed by atoms with Gasteiger partial charge in [-0.3, -0.25) is 0 Å². The predicted molar refractivity (Wildman–Crippen MR) is 107 cm³/mol. The number of fused-ring (bicyclic) bond motifs is 1. The molecule has 0 aliphatic carbocycles. The number of benzene rings is 3. The van der Waals surface area contributed by atoms with Gasteiger partial charge in [-0.05, 0) is 42.0 Å². The van der Waals surface area contributed by atoms with Crippen LogP contribution in [0.3, 0.4) is 0 Å². The first-order valence-corrected chi connectivity index (χ1v) is 8.22. The fraction of sp³-hybridized carbons (Fsp3) is 0.0476. The van der Waals surface area contributed by atoms with Crippen LogP contribution in [-0.2, 0) is 6.61 Å². The Morgan fingerprint density at radius 1 is 0.889 bits per heavy atom. The second kappa shape index (κ2) is 8.47. The van der Waals surface area contributed by atoms with Crippen LogP contribution in [0.15, 0.2) is 79.1 Å². The number of nitrogens with zero attached hydrogens (tertiary/aromatic N) is 2. The summed E-state index contributed by atoms with van der Waals surface area (Å²) in [6, 6.07) is 22.1. The summed E-state index contributed by atoms with van der Waals surface area (Å²) in [7, 11) is 0. The number of nitrogens with one attached hydrogen (secondary N) is 1. The number of hydrogen-bond acceptors (Lipinski definition) is 4. The summed E-state index contributed by atoms with van der Waals surface area (Å²) in [6.07, 6.45) is 1.42. The SMILES string of the molecule is Cl.Fc1ccc2c(Nc3ccc(OCc4ccccc4)cc3)ncnc2c1. The number of halogens is 2. The van der Waals surface area contributed by atoms with Crippen molar-refractivity contribution in [3.05, 3.63) is 90.5 Å². The van der Waals surface area contributed by atoms with Crippen LogP contribution in [0, 0.1) is 5.82 Å². The van der Waals surface area contributed by atoms with E-state index in [1.807, 2.05) is 54.6 Å². The van der Waals surface area contributed by atoms with Crippen molar-refractivity contribution in [1.29, 1.82) is 0 Å². The number of ether oxygens (including phenoxy) is 1. The van der Waals surface area contributed by atoms with E-state index in [0.717, 1.165) is 22.4 Å². The van der Waals surface area contributed by atoms with E-state index >= 15 is 0 Å². The standard InChI is InChI=1S/C21H16FN3O.ClH/c22-16-6-11-19-20(12-16)23-14-24-21(19)25-17-7-9-18(10-8-17)26-13-15-4-2-1-3-5-15;/h1-12,14H,13H2,(H,23,24,25);1H. The minimum atomic E-state index is -0.318. The summed E-state index contributed by atoms with van der Waals surface area (Å²) < 4.78 is 19.1. The van der Waals surface area contributed by atoms with Gasteiger partial charge < -0.3 is 10.1 Å². The molecule has 0 saturated heterocycles. The lowest BCUT2D eigenvalue weighted by atomic mass is 10.2. The minimum absolute atomic E-state index is 0. The predicted octanol–water partition coefficient (Wildman–Crippen LogP) is 5.51. The van der Waals surface area contributed by atoms with Crippen LogP contribution < -0.4 is 10.1 Å². The molecular formula is C21H17ClFN3O. The van der Waals surface area contributed by atoms with Crippen molar-refractivity contribution in [1.82, 2.24) is 9.97 Å². The van der Waals surface area contributed by atoms with E-state index in [1.165, 1.54) is 18.5 Å². The molecule has 0 aliphatic rings. The van der Waals surface area contributed by atoms with Crippen molar-refractivity contribution in [3.63, 3.8) is 0 Å². The zero-order chi connectivity index (χ0) is 17.8. The Morgan fingerprint density at radius 2 is 1.67 bits per heavy atom. The highest BCUT2D eigenvalue weighted by Gasteiger charge is 2.05. The Balaban J connectivity index is 0.00000210. The molecule has 4 aromatic rings. The molecule has 1 heterocycles. The maximum Gasteiger partial charge on any atom is 0.141 e. The smallest absolute Gasteiger partial charge is 0.141 e. The summed E-state index contributed by atoms with van der Waals surface area (Å²) in [4.78, 5) is 8.35. The molecule has 0 unspecified atom stereocenters. The molecular weight excluding hydrogens is 365 g/mol. The van der Waals surface area contributed by atoms with Crippen molar-refractivity contribution < 1.29 is 9.13 Å². The van der Waals surface area contributed by atoms with Crippen LogP contribution in [0.2, 0.25) is 0 Å². The molecule has 4 nitrogen and oxygen atoms in total. The zero-order valence-electron chi connectivity index (χ0n) is 14.3. The zero-order valence-corrected chi connectivity index (χ0v) is 15.1. The fourth-order valence-electron chi connectivity index (χ4n) is 2.64. The molecule has 0 aliphatic heterocycles. The molecule has 0 amide bonds. The Hall–Kier alpha value is -3.18.